The van der Waals surface area contributed by atoms with Crippen molar-refractivity contribution in [2.75, 3.05) is 6.61 Å². The number of aliphatic hydroxyl groups is 2. The first-order chi connectivity index (χ1) is 13.6. The van der Waals surface area contributed by atoms with E-state index in [1.165, 1.54) is 22.3 Å². The van der Waals surface area contributed by atoms with Crippen molar-refractivity contribution in [2.24, 2.45) is 5.41 Å². The Morgan fingerprint density at radius 3 is 1.86 bits per heavy atom. The summed E-state index contributed by atoms with van der Waals surface area (Å²) in [6.07, 6.45) is 9.89. The van der Waals surface area contributed by atoms with E-state index in [1.807, 2.05) is 12.1 Å². The monoisotopic (exact) mass is 491 g/mol. The van der Waals surface area contributed by atoms with Crippen molar-refractivity contribution in [3.63, 3.8) is 0 Å². The molecule has 0 aliphatic heterocycles. The molecule has 0 radical (unpaired) electrons. The van der Waals surface area contributed by atoms with Crippen LogP contribution in [0.25, 0.3) is 12.2 Å². The number of hydrogen-bond donors (Lipinski definition) is 2. The van der Waals surface area contributed by atoms with Gasteiger partial charge < -0.3 is 0 Å². The maximum atomic E-state index is 10.8. The standard InChI is InChI=1S/C23H23O2.2ClH.Zr/c24-15-5-14-23(16-25,21-12-10-17-6-1-3-8-19(17)21)22-13-11-18-7-2-4-9-20(18)22;;;/h1-4,6-13,15,21-22,24-25H,5,14,16H2;2*1H;/q;;;+2/p-2. The van der Waals surface area contributed by atoms with Gasteiger partial charge in [0.2, 0.25) is 0 Å². The number of hydrogen-bond acceptors (Lipinski definition) is 2. The van der Waals surface area contributed by atoms with Crippen LogP contribution in [0.1, 0.15) is 46.9 Å². The van der Waals surface area contributed by atoms with E-state index in [0.29, 0.717) is 12.8 Å². The van der Waals surface area contributed by atoms with E-state index in [2.05, 4.69) is 60.7 Å². The van der Waals surface area contributed by atoms with Crippen LogP contribution in [-0.4, -0.2) is 20.6 Å². The van der Waals surface area contributed by atoms with Crippen molar-refractivity contribution in [3.8, 4) is 0 Å². The van der Waals surface area contributed by atoms with Crippen LogP contribution >= 0.6 is 17.0 Å². The van der Waals surface area contributed by atoms with Gasteiger partial charge in [-0.1, -0.05) is 0 Å². The summed E-state index contributed by atoms with van der Waals surface area (Å²) in [6.45, 7) is 0.0235. The molecule has 3 unspecified atom stereocenters. The zero-order valence-electron chi connectivity index (χ0n) is 15.4. The Labute approximate surface area is 181 Å². The molecule has 4 rings (SSSR count). The fourth-order valence-electron chi connectivity index (χ4n) is 4.80. The first-order valence-corrected chi connectivity index (χ1v) is 17.3. The van der Waals surface area contributed by atoms with E-state index in [-0.39, 0.29) is 18.4 Å². The summed E-state index contributed by atoms with van der Waals surface area (Å²) < 4.78 is -0.627. The molecule has 0 heterocycles. The van der Waals surface area contributed by atoms with E-state index < -0.39 is 28.6 Å². The van der Waals surface area contributed by atoms with Crippen LogP contribution in [0.5, 0.6) is 0 Å². The predicted octanol–water partition coefficient (Wildman–Crippen LogP) is 5.61. The number of fused-ring (bicyclic) bond motifs is 2. The molecule has 0 amide bonds. The van der Waals surface area contributed by atoms with Gasteiger partial charge in [0, 0.05) is 0 Å². The molecule has 145 valence electrons. The average molecular weight is 494 g/mol. The van der Waals surface area contributed by atoms with Gasteiger partial charge in [-0.3, -0.25) is 0 Å². The Morgan fingerprint density at radius 2 is 1.39 bits per heavy atom. The Kier molecular flexibility index (Phi) is 6.30. The van der Waals surface area contributed by atoms with Crippen LogP contribution in [0, 0.1) is 5.41 Å². The SMILES string of the molecule is OCC(CC[CH](O)[Zr]([Cl])[Cl])(C1C=Cc2ccccc21)C1C=Cc2ccccc21. The molecule has 2 aromatic carbocycles. The van der Waals surface area contributed by atoms with Gasteiger partial charge in [0.15, 0.2) is 0 Å². The second-order valence-corrected chi connectivity index (χ2v) is 16.7. The fourth-order valence-corrected chi connectivity index (χ4v) is 6.98. The van der Waals surface area contributed by atoms with Gasteiger partial charge in [0.05, 0.1) is 0 Å². The number of halogens is 2. The van der Waals surface area contributed by atoms with E-state index in [9.17, 15) is 10.2 Å². The molecule has 2 aromatic rings. The minimum absolute atomic E-state index is 0.0235. The molecule has 2 aliphatic rings. The van der Waals surface area contributed by atoms with Crippen molar-refractivity contribution < 1.29 is 29.6 Å². The Bertz CT molecular complexity index is 847. The number of benzene rings is 2. The summed E-state index contributed by atoms with van der Waals surface area (Å²) in [5.74, 6) is 0.138. The topological polar surface area (TPSA) is 40.5 Å². The normalized spacial score (nSPS) is 22.6. The zero-order valence-corrected chi connectivity index (χ0v) is 19.4. The third-order valence-electron chi connectivity index (χ3n) is 6.27. The van der Waals surface area contributed by atoms with E-state index in [4.69, 9.17) is 17.0 Å². The first kappa shape index (κ1) is 20.6. The molecule has 5 heteroatoms. The molecule has 2 nitrogen and oxygen atoms in total. The Balaban J connectivity index is 1.78. The zero-order chi connectivity index (χ0) is 19.7. The third-order valence-corrected chi connectivity index (χ3v) is 11.2. The van der Waals surface area contributed by atoms with Gasteiger partial charge in [0.25, 0.3) is 0 Å². The summed E-state index contributed by atoms with van der Waals surface area (Å²) in [4.78, 5) is 0. The van der Waals surface area contributed by atoms with Crippen LogP contribution in [0.2, 0.25) is 0 Å². The van der Waals surface area contributed by atoms with Crippen LogP contribution in [0.3, 0.4) is 0 Å². The molecular weight excluding hydrogens is 470 g/mol. The van der Waals surface area contributed by atoms with Crippen LogP contribution in [0.4, 0.5) is 0 Å². The van der Waals surface area contributed by atoms with E-state index in [0.717, 1.165) is 0 Å². The van der Waals surface area contributed by atoms with E-state index in [1.54, 1.807) is 0 Å². The summed E-state index contributed by atoms with van der Waals surface area (Å²) >= 11 is -2.74. The van der Waals surface area contributed by atoms with E-state index >= 15 is 0 Å². The summed E-state index contributed by atoms with van der Waals surface area (Å²) in [7, 11) is 12.2. The van der Waals surface area contributed by atoms with Crippen LogP contribution in [0.15, 0.2) is 60.7 Å². The van der Waals surface area contributed by atoms with Gasteiger partial charge in [-0.25, -0.2) is 0 Å². The van der Waals surface area contributed by atoms with Crippen molar-refractivity contribution >= 4 is 29.2 Å². The van der Waals surface area contributed by atoms with Crippen molar-refractivity contribution in [1.29, 1.82) is 0 Å². The molecule has 0 saturated carbocycles. The van der Waals surface area contributed by atoms with Gasteiger partial charge >= 0.3 is 182 Å². The minimum atomic E-state index is -2.74. The summed E-state index contributed by atoms with van der Waals surface area (Å²) in [5.41, 5.74) is 4.41. The molecule has 2 aliphatic carbocycles. The quantitative estimate of drug-likeness (QED) is 0.526. The van der Waals surface area contributed by atoms with Gasteiger partial charge in [-0.15, -0.1) is 0 Å². The summed E-state index contributed by atoms with van der Waals surface area (Å²) in [6, 6.07) is 16.7. The van der Waals surface area contributed by atoms with Crippen LogP contribution < -0.4 is 0 Å². The molecule has 2 N–H and O–H groups in total. The molecular formula is C23H23Cl2O2Zr. The first-order valence-electron chi connectivity index (χ1n) is 9.58. The van der Waals surface area contributed by atoms with Crippen molar-refractivity contribution in [1.82, 2.24) is 0 Å². The van der Waals surface area contributed by atoms with Gasteiger partial charge in [-0.05, 0) is 0 Å². The third kappa shape index (κ3) is 3.61. The van der Waals surface area contributed by atoms with Crippen molar-refractivity contribution in [3.05, 3.63) is 82.9 Å². The predicted molar refractivity (Wildman–Crippen MR) is 113 cm³/mol. The number of rotatable bonds is 7. The van der Waals surface area contributed by atoms with Gasteiger partial charge in [0.1, 0.15) is 0 Å². The Hall–Kier alpha value is -0.697. The maximum absolute atomic E-state index is 10.8. The molecule has 0 aromatic heterocycles. The second-order valence-electron chi connectivity index (χ2n) is 7.67. The van der Waals surface area contributed by atoms with Crippen molar-refractivity contribution in [2.45, 2.75) is 28.5 Å². The summed E-state index contributed by atoms with van der Waals surface area (Å²) in [5, 5.41) is 21.2. The van der Waals surface area contributed by atoms with Crippen LogP contribution in [-0.2, 0) is 19.4 Å². The molecule has 0 spiro atoms. The average Bonchev–Trinajstić information content (AvgIpc) is 3.34. The number of aliphatic hydroxyl groups excluding tert-OH is 2. The molecule has 0 saturated heterocycles. The molecule has 3 atom stereocenters. The Morgan fingerprint density at radius 1 is 0.893 bits per heavy atom. The molecule has 0 fully saturated rings. The molecule has 28 heavy (non-hydrogen) atoms. The molecule has 0 bridgehead atoms. The second kappa shape index (κ2) is 8.58. The number of allylic oxidation sites excluding steroid dienone is 2. The van der Waals surface area contributed by atoms with Gasteiger partial charge in [-0.2, -0.15) is 0 Å². The fraction of sp³-hybridized carbons (Fsp3) is 0.304.